The van der Waals surface area contributed by atoms with Gasteiger partial charge in [-0.2, -0.15) is 0 Å². The van der Waals surface area contributed by atoms with E-state index in [4.69, 9.17) is 11.6 Å². The molecule has 1 amide bonds. The predicted molar refractivity (Wildman–Crippen MR) is 87.3 cm³/mol. The first-order chi connectivity index (χ1) is 10.3. The van der Waals surface area contributed by atoms with E-state index >= 15 is 0 Å². The quantitative estimate of drug-likeness (QED) is 0.620. The topological polar surface area (TPSA) is 20.3 Å². The second-order valence-corrected chi connectivity index (χ2v) is 4.76. The zero-order valence-corrected chi connectivity index (χ0v) is 12.6. The number of alkyl halides is 1. The van der Waals surface area contributed by atoms with Crippen molar-refractivity contribution in [3.8, 4) is 11.8 Å². The van der Waals surface area contributed by atoms with Gasteiger partial charge in [0.25, 0.3) is 0 Å². The third-order valence-corrected chi connectivity index (χ3v) is 3.28. The highest BCUT2D eigenvalue weighted by atomic mass is 35.5. The van der Waals surface area contributed by atoms with Crippen molar-refractivity contribution < 1.29 is 4.79 Å². The van der Waals surface area contributed by atoms with Crippen molar-refractivity contribution in [1.82, 2.24) is 0 Å². The summed E-state index contributed by atoms with van der Waals surface area (Å²) in [5.74, 6) is 5.73. The normalized spacial score (nSPS) is 9.62. The van der Waals surface area contributed by atoms with Gasteiger partial charge in [-0.1, -0.05) is 48.4 Å². The van der Waals surface area contributed by atoms with Gasteiger partial charge in [0.2, 0.25) is 5.91 Å². The Morgan fingerprint density at radius 1 is 1.10 bits per heavy atom. The number of halogens is 1. The van der Waals surface area contributed by atoms with Gasteiger partial charge in [0, 0.05) is 5.56 Å². The lowest BCUT2D eigenvalue weighted by Gasteiger charge is -2.23. The Labute approximate surface area is 130 Å². The Morgan fingerprint density at radius 2 is 1.76 bits per heavy atom. The Morgan fingerprint density at radius 3 is 2.43 bits per heavy atom. The molecule has 2 aromatic carbocycles. The molecule has 3 heteroatoms. The molecule has 0 unspecified atom stereocenters. The molecule has 2 aromatic rings. The third-order valence-electron chi connectivity index (χ3n) is 3.05. The lowest BCUT2D eigenvalue weighted by atomic mass is 10.1. The number of benzene rings is 2. The van der Waals surface area contributed by atoms with Gasteiger partial charge in [0.05, 0.1) is 12.2 Å². The summed E-state index contributed by atoms with van der Waals surface area (Å²) in [5, 5.41) is 0. The number of carbonyl (C=O) groups is 1. The van der Waals surface area contributed by atoms with Gasteiger partial charge in [-0.05, 0) is 24.6 Å². The highest BCUT2D eigenvalue weighted by Crippen LogP contribution is 2.22. The molecule has 2 rings (SSSR count). The summed E-state index contributed by atoms with van der Waals surface area (Å²) in [6.45, 7) is 2.26. The van der Waals surface area contributed by atoms with Crippen LogP contribution in [0.25, 0.3) is 0 Å². The Kier molecular flexibility index (Phi) is 5.43. The summed E-state index contributed by atoms with van der Waals surface area (Å²) in [4.78, 5) is 13.9. The minimum atomic E-state index is -0.133. The average molecular weight is 298 g/mol. The second-order valence-electron chi connectivity index (χ2n) is 4.49. The fourth-order valence-electron chi connectivity index (χ4n) is 2.10. The number of rotatable bonds is 4. The molecule has 0 radical (unpaired) electrons. The Hall–Kier alpha value is -2.24. The molecule has 0 atom stereocenters. The number of amides is 1. The van der Waals surface area contributed by atoms with Gasteiger partial charge < -0.3 is 4.90 Å². The van der Waals surface area contributed by atoms with Crippen molar-refractivity contribution >= 4 is 23.2 Å². The molecule has 0 aliphatic rings. The van der Waals surface area contributed by atoms with E-state index in [2.05, 4.69) is 11.8 Å². The second kappa shape index (κ2) is 7.52. The van der Waals surface area contributed by atoms with E-state index in [1.165, 1.54) is 0 Å². The molecule has 0 saturated heterocycles. The van der Waals surface area contributed by atoms with E-state index in [9.17, 15) is 4.79 Å². The maximum absolute atomic E-state index is 12.2. The maximum atomic E-state index is 12.2. The molecule has 106 valence electrons. The molecule has 2 nitrogen and oxygen atoms in total. The van der Waals surface area contributed by atoms with Crippen molar-refractivity contribution in [2.45, 2.75) is 13.5 Å². The van der Waals surface area contributed by atoms with Crippen LogP contribution in [0.3, 0.4) is 0 Å². The van der Waals surface area contributed by atoms with Gasteiger partial charge in [0.15, 0.2) is 0 Å². The first kappa shape index (κ1) is 15.2. The molecular formula is C18H16ClNO. The Bertz CT molecular complexity index is 670. The summed E-state index contributed by atoms with van der Waals surface area (Å²) in [6.07, 6.45) is 0. The SMILES string of the molecule is CC#Cc1ccccc1N(Cc1ccccc1)C(=O)CCl. The molecule has 0 heterocycles. The van der Waals surface area contributed by atoms with Gasteiger partial charge >= 0.3 is 0 Å². The van der Waals surface area contributed by atoms with E-state index in [-0.39, 0.29) is 11.8 Å². The minimum absolute atomic E-state index is 0.0548. The van der Waals surface area contributed by atoms with E-state index in [0.717, 1.165) is 16.8 Å². The van der Waals surface area contributed by atoms with Crippen LogP contribution in [0.15, 0.2) is 54.6 Å². The minimum Gasteiger partial charge on any atom is -0.306 e. The van der Waals surface area contributed by atoms with Gasteiger partial charge in [-0.25, -0.2) is 0 Å². The highest BCUT2D eigenvalue weighted by Gasteiger charge is 2.17. The molecule has 0 spiro atoms. The van der Waals surface area contributed by atoms with Crippen LogP contribution in [0, 0.1) is 11.8 Å². The van der Waals surface area contributed by atoms with Crippen molar-refractivity contribution in [2.75, 3.05) is 10.8 Å². The number of para-hydroxylation sites is 1. The van der Waals surface area contributed by atoms with Crippen molar-refractivity contribution in [1.29, 1.82) is 0 Å². The lowest BCUT2D eigenvalue weighted by molar-refractivity contribution is -0.116. The molecule has 0 saturated carbocycles. The van der Waals surface area contributed by atoms with Gasteiger partial charge in [0.1, 0.15) is 5.88 Å². The van der Waals surface area contributed by atoms with Crippen molar-refractivity contribution in [3.63, 3.8) is 0 Å². The smallest absolute Gasteiger partial charge is 0.242 e. The van der Waals surface area contributed by atoms with Crippen LogP contribution >= 0.6 is 11.6 Å². The van der Waals surface area contributed by atoms with E-state index in [1.54, 1.807) is 11.8 Å². The van der Waals surface area contributed by atoms with Crippen LogP contribution in [-0.2, 0) is 11.3 Å². The fourth-order valence-corrected chi connectivity index (χ4v) is 2.24. The van der Waals surface area contributed by atoms with Crippen LogP contribution < -0.4 is 4.90 Å². The maximum Gasteiger partial charge on any atom is 0.242 e. The monoisotopic (exact) mass is 297 g/mol. The highest BCUT2D eigenvalue weighted by molar-refractivity contribution is 6.29. The van der Waals surface area contributed by atoms with Crippen LogP contribution in [0.4, 0.5) is 5.69 Å². The van der Waals surface area contributed by atoms with Crippen molar-refractivity contribution in [3.05, 3.63) is 65.7 Å². The average Bonchev–Trinajstić information content (AvgIpc) is 2.54. The number of carbonyl (C=O) groups excluding carboxylic acids is 1. The largest absolute Gasteiger partial charge is 0.306 e. The third kappa shape index (κ3) is 3.87. The van der Waals surface area contributed by atoms with E-state index in [1.807, 2.05) is 54.6 Å². The van der Waals surface area contributed by atoms with Crippen LogP contribution in [-0.4, -0.2) is 11.8 Å². The van der Waals surface area contributed by atoms with E-state index < -0.39 is 0 Å². The van der Waals surface area contributed by atoms with Gasteiger partial charge in [-0.15, -0.1) is 17.5 Å². The molecular weight excluding hydrogens is 282 g/mol. The Balaban J connectivity index is 2.41. The number of hydrogen-bond donors (Lipinski definition) is 0. The predicted octanol–water partition coefficient (Wildman–Crippen LogP) is 3.83. The number of nitrogens with zero attached hydrogens (tertiary/aromatic N) is 1. The zero-order valence-electron chi connectivity index (χ0n) is 11.8. The van der Waals surface area contributed by atoms with Crippen LogP contribution in [0.2, 0.25) is 0 Å². The molecule has 0 aliphatic heterocycles. The summed E-state index contributed by atoms with van der Waals surface area (Å²) in [6, 6.07) is 17.5. The molecule has 21 heavy (non-hydrogen) atoms. The fraction of sp³-hybridized carbons (Fsp3) is 0.167. The van der Waals surface area contributed by atoms with Crippen molar-refractivity contribution in [2.24, 2.45) is 0 Å². The summed E-state index contributed by atoms with van der Waals surface area (Å²) in [7, 11) is 0. The molecule has 0 N–H and O–H groups in total. The first-order valence-electron chi connectivity index (χ1n) is 6.68. The van der Waals surface area contributed by atoms with E-state index in [0.29, 0.717) is 6.54 Å². The zero-order chi connectivity index (χ0) is 15.1. The van der Waals surface area contributed by atoms with Crippen LogP contribution in [0.1, 0.15) is 18.1 Å². The summed E-state index contributed by atoms with van der Waals surface area (Å²) < 4.78 is 0. The molecule has 0 aliphatic carbocycles. The summed E-state index contributed by atoms with van der Waals surface area (Å²) in [5.41, 5.74) is 2.67. The number of hydrogen-bond acceptors (Lipinski definition) is 1. The van der Waals surface area contributed by atoms with Gasteiger partial charge in [-0.3, -0.25) is 4.79 Å². The molecule has 0 bridgehead atoms. The first-order valence-corrected chi connectivity index (χ1v) is 7.21. The lowest BCUT2D eigenvalue weighted by Crippen LogP contribution is -2.32. The molecule has 0 fully saturated rings. The van der Waals surface area contributed by atoms with Crippen LogP contribution in [0.5, 0.6) is 0 Å². The summed E-state index contributed by atoms with van der Waals surface area (Å²) >= 11 is 5.77. The molecule has 0 aromatic heterocycles. The number of anilines is 1. The standard InChI is InChI=1S/C18H16ClNO/c1-2-8-16-11-6-7-12-17(16)20(18(21)13-19)14-15-9-4-3-5-10-15/h3-7,9-12H,13-14H2,1H3.